The Bertz CT molecular complexity index is 1110. The van der Waals surface area contributed by atoms with E-state index in [1.165, 1.54) is 11.1 Å². The van der Waals surface area contributed by atoms with E-state index in [1.807, 2.05) is 32.0 Å². The van der Waals surface area contributed by atoms with E-state index in [0.29, 0.717) is 5.88 Å². The molecule has 0 radical (unpaired) electrons. The Morgan fingerprint density at radius 3 is 2.90 bits per heavy atom. The van der Waals surface area contributed by atoms with Gasteiger partial charge < -0.3 is 15.4 Å². The van der Waals surface area contributed by atoms with Crippen molar-refractivity contribution < 1.29 is 4.74 Å². The molecule has 3 heterocycles. The van der Waals surface area contributed by atoms with Crippen LogP contribution in [-0.4, -0.2) is 40.4 Å². The number of rotatable bonds is 5. The molecular weight excluding hydrogens is 394 g/mol. The zero-order chi connectivity index (χ0) is 20.7. The number of anilines is 1. The summed E-state index contributed by atoms with van der Waals surface area (Å²) >= 11 is 1.63. The van der Waals surface area contributed by atoms with Crippen LogP contribution in [0.25, 0.3) is 16.1 Å². The summed E-state index contributed by atoms with van der Waals surface area (Å²) in [6, 6.07) is 12.7. The van der Waals surface area contributed by atoms with Gasteiger partial charge in [-0.15, -0.1) is 10.2 Å². The highest BCUT2D eigenvalue weighted by molar-refractivity contribution is 7.18. The summed E-state index contributed by atoms with van der Waals surface area (Å²) in [4.78, 5) is 6.96. The van der Waals surface area contributed by atoms with Gasteiger partial charge in [-0.05, 0) is 49.9 Å². The largest absolute Gasteiger partial charge is 0.475 e. The highest BCUT2D eigenvalue weighted by Crippen LogP contribution is 2.37. The van der Waals surface area contributed by atoms with Crippen molar-refractivity contribution in [2.45, 2.75) is 38.8 Å². The lowest BCUT2D eigenvalue weighted by molar-refractivity contribution is 0.232. The minimum Gasteiger partial charge on any atom is -0.475 e. The normalized spacial score (nSPS) is 18.1. The van der Waals surface area contributed by atoms with Gasteiger partial charge in [0.05, 0.1) is 11.8 Å². The van der Waals surface area contributed by atoms with Crippen molar-refractivity contribution in [2.75, 3.05) is 18.0 Å². The average molecular weight is 420 g/mol. The van der Waals surface area contributed by atoms with Crippen molar-refractivity contribution in [3.05, 3.63) is 59.3 Å². The second-order valence-electron chi connectivity index (χ2n) is 8.11. The molecule has 1 saturated heterocycles. The monoisotopic (exact) mass is 419 g/mol. The molecule has 1 fully saturated rings. The Labute approximate surface area is 180 Å². The van der Waals surface area contributed by atoms with Gasteiger partial charge in [0, 0.05) is 36.3 Å². The van der Waals surface area contributed by atoms with Crippen molar-refractivity contribution in [2.24, 2.45) is 5.73 Å². The molecule has 6 nitrogen and oxygen atoms in total. The van der Waals surface area contributed by atoms with E-state index in [0.717, 1.165) is 52.9 Å². The molecule has 2 aliphatic rings. The van der Waals surface area contributed by atoms with Gasteiger partial charge in [0.25, 0.3) is 0 Å². The number of nitrogens with zero attached hydrogens (tertiary/aromatic N) is 4. The van der Waals surface area contributed by atoms with Gasteiger partial charge in [-0.25, -0.2) is 4.98 Å². The van der Waals surface area contributed by atoms with Crippen molar-refractivity contribution in [3.8, 4) is 16.5 Å². The highest BCUT2D eigenvalue weighted by atomic mass is 32.1. The van der Waals surface area contributed by atoms with E-state index in [-0.39, 0.29) is 12.1 Å². The van der Waals surface area contributed by atoms with Crippen LogP contribution in [-0.2, 0) is 6.42 Å². The van der Waals surface area contributed by atoms with Crippen LogP contribution in [0, 0.1) is 0 Å². The highest BCUT2D eigenvalue weighted by Gasteiger charge is 2.23. The number of aromatic nitrogens is 3. The number of fused-ring (bicyclic) bond motifs is 1. The summed E-state index contributed by atoms with van der Waals surface area (Å²) in [7, 11) is 0. The minimum atomic E-state index is 0.0981. The maximum absolute atomic E-state index is 6.04. The first-order valence-electron chi connectivity index (χ1n) is 10.4. The third-order valence-corrected chi connectivity index (χ3v) is 6.47. The number of hydrogen-bond acceptors (Lipinski definition) is 7. The van der Waals surface area contributed by atoms with Crippen molar-refractivity contribution >= 4 is 22.0 Å². The number of hydrogen-bond donors (Lipinski definition) is 1. The molecule has 30 heavy (non-hydrogen) atoms. The van der Waals surface area contributed by atoms with Crippen LogP contribution >= 0.6 is 11.3 Å². The first kappa shape index (κ1) is 19.2. The molecule has 154 valence electrons. The van der Waals surface area contributed by atoms with Crippen LogP contribution in [0.4, 0.5) is 5.13 Å². The molecule has 1 aromatic carbocycles. The van der Waals surface area contributed by atoms with E-state index in [9.17, 15) is 0 Å². The van der Waals surface area contributed by atoms with Gasteiger partial charge >= 0.3 is 0 Å². The molecule has 1 aliphatic carbocycles. The van der Waals surface area contributed by atoms with Crippen molar-refractivity contribution in [1.82, 2.24) is 15.2 Å². The van der Waals surface area contributed by atoms with Crippen LogP contribution in [0.5, 0.6) is 5.88 Å². The third kappa shape index (κ3) is 3.70. The second-order valence-corrected chi connectivity index (χ2v) is 9.06. The fraction of sp³-hybridized carbons (Fsp3) is 0.348. The zero-order valence-electron chi connectivity index (χ0n) is 17.2. The van der Waals surface area contributed by atoms with Gasteiger partial charge in [-0.2, -0.15) is 0 Å². The fourth-order valence-electron chi connectivity index (χ4n) is 4.00. The Morgan fingerprint density at radius 1 is 1.20 bits per heavy atom. The van der Waals surface area contributed by atoms with E-state index in [4.69, 9.17) is 15.5 Å². The molecule has 0 amide bonds. The summed E-state index contributed by atoms with van der Waals surface area (Å²) in [6.45, 7) is 5.83. The predicted molar refractivity (Wildman–Crippen MR) is 121 cm³/mol. The van der Waals surface area contributed by atoms with Crippen LogP contribution in [0.1, 0.15) is 37.1 Å². The predicted octanol–water partition coefficient (Wildman–Crippen LogP) is 3.91. The topological polar surface area (TPSA) is 77.2 Å². The van der Waals surface area contributed by atoms with Gasteiger partial charge in [-0.3, -0.25) is 0 Å². The molecule has 0 saturated carbocycles. The second kappa shape index (κ2) is 7.81. The van der Waals surface area contributed by atoms with E-state index in [1.54, 1.807) is 11.3 Å². The van der Waals surface area contributed by atoms with Gasteiger partial charge in [0.15, 0.2) is 0 Å². The van der Waals surface area contributed by atoms with E-state index in [2.05, 4.69) is 39.4 Å². The summed E-state index contributed by atoms with van der Waals surface area (Å²) in [5, 5.41) is 10.8. The molecule has 0 bridgehead atoms. The third-order valence-electron chi connectivity index (χ3n) is 5.44. The van der Waals surface area contributed by atoms with Crippen LogP contribution in [0.15, 0.2) is 42.5 Å². The average Bonchev–Trinajstić information content (AvgIpc) is 3.46. The molecule has 2 N–H and O–H groups in total. The summed E-state index contributed by atoms with van der Waals surface area (Å²) in [6.07, 6.45) is 4.26. The first-order valence-corrected chi connectivity index (χ1v) is 11.2. The van der Waals surface area contributed by atoms with Crippen molar-refractivity contribution in [3.63, 3.8) is 0 Å². The number of nitrogens with two attached hydrogens (primary N) is 1. The van der Waals surface area contributed by atoms with Crippen LogP contribution < -0.4 is 15.4 Å². The molecule has 0 spiro atoms. The molecule has 5 rings (SSSR count). The summed E-state index contributed by atoms with van der Waals surface area (Å²) in [5.74, 6) is 0.658. The Balaban J connectivity index is 1.43. The Morgan fingerprint density at radius 2 is 2.10 bits per heavy atom. The minimum absolute atomic E-state index is 0.0981. The lowest BCUT2D eigenvalue weighted by Gasteiger charge is -2.12. The zero-order valence-corrected chi connectivity index (χ0v) is 18.0. The lowest BCUT2D eigenvalue weighted by atomic mass is 10.0. The maximum atomic E-state index is 6.04. The van der Waals surface area contributed by atoms with Gasteiger partial charge in [-0.1, -0.05) is 35.6 Å². The quantitative estimate of drug-likeness (QED) is 0.676. The standard InChI is InChI=1S/C23H25N5OS/c1-14(2)29-21-5-3-4-20(25-21)18-9-8-15-6-7-16(12-19(15)18)22-26-27-23(30-22)28-11-10-17(24)13-28/h3-7,9,12,14,17H,8,10-11,13,24H2,1-2H3/t17-/m0/s1. The fourth-order valence-corrected chi connectivity index (χ4v) is 4.87. The number of ether oxygens (including phenoxy) is 1. The summed E-state index contributed by atoms with van der Waals surface area (Å²) < 4.78 is 5.79. The summed E-state index contributed by atoms with van der Waals surface area (Å²) in [5.41, 5.74) is 11.7. The van der Waals surface area contributed by atoms with E-state index < -0.39 is 0 Å². The maximum Gasteiger partial charge on any atom is 0.214 e. The Kier molecular flexibility index (Phi) is 5.00. The lowest BCUT2D eigenvalue weighted by Crippen LogP contribution is -2.26. The van der Waals surface area contributed by atoms with Gasteiger partial charge in [0.1, 0.15) is 5.01 Å². The van der Waals surface area contributed by atoms with Crippen LogP contribution in [0.3, 0.4) is 0 Å². The van der Waals surface area contributed by atoms with E-state index >= 15 is 0 Å². The molecule has 2 aromatic heterocycles. The van der Waals surface area contributed by atoms with Crippen molar-refractivity contribution in [1.29, 1.82) is 0 Å². The molecule has 1 atom stereocenters. The number of pyridine rings is 1. The van der Waals surface area contributed by atoms with Gasteiger partial charge in [0.2, 0.25) is 11.0 Å². The van der Waals surface area contributed by atoms with Crippen LogP contribution in [0.2, 0.25) is 0 Å². The molecular formula is C23H25N5OS. The molecule has 7 heteroatoms. The molecule has 1 aliphatic heterocycles. The molecule has 0 unspecified atom stereocenters. The first-order chi connectivity index (χ1) is 14.6. The molecule has 3 aromatic rings. The SMILES string of the molecule is CC(C)Oc1cccc(C2=CCc3ccc(-c4nnc(N5CC[C@H](N)C5)s4)cc32)n1. The Hall–Kier alpha value is -2.77. The smallest absolute Gasteiger partial charge is 0.214 e. The number of benzene rings is 1. The number of allylic oxidation sites excluding steroid dienone is 1.